The fourth-order valence-corrected chi connectivity index (χ4v) is 2.59. The third kappa shape index (κ3) is 4.03. The van der Waals surface area contributed by atoms with Crippen molar-refractivity contribution in [2.45, 2.75) is 6.92 Å². The smallest absolute Gasteiger partial charge is 0.336 e. The van der Waals surface area contributed by atoms with E-state index in [0.29, 0.717) is 11.3 Å². The van der Waals surface area contributed by atoms with Crippen molar-refractivity contribution in [3.05, 3.63) is 63.1 Å². The third-order valence-electron chi connectivity index (χ3n) is 3.24. The number of carbonyl (C=O) groups excluding carboxylic acids is 1. The summed E-state index contributed by atoms with van der Waals surface area (Å²) in [5, 5.41) is 14.8. The molecule has 1 amide bonds. The van der Waals surface area contributed by atoms with Gasteiger partial charge in [0.25, 0.3) is 5.91 Å². The van der Waals surface area contributed by atoms with E-state index >= 15 is 0 Å². The molecule has 0 aliphatic rings. The number of hydrogen-bond donors (Lipinski definition) is 3. The van der Waals surface area contributed by atoms with Crippen molar-refractivity contribution in [1.82, 2.24) is 5.32 Å². The lowest BCUT2D eigenvalue weighted by Crippen LogP contribution is -2.34. The first-order chi connectivity index (χ1) is 11.3. The van der Waals surface area contributed by atoms with Gasteiger partial charge in [0.05, 0.1) is 21.2 Å². The van der Waals surface area contributed by atoms with E-state index in [0.717, 1.165) is 0 Å². The molecule has 8 heteroatoms. The van der Waals surface area contributed by atoms with Crippen molar-refractivity contribution in [1.29, 1.82) is 0 Å². The molecule has 0 aromatic heterocycles. The van der Waals surface area contributed by atoms with Gasteiger partial charge in [-0.25, -0.2) is 4.79 Å². The number of anilines is 1. The number of halogens is 2. The summed E-state index contributed by atoms with van der Waals surface area (Å²) in [4.78, 5) is 23.3. The Labute approximate surface area is 153 Å². The van der Waals surface area contributed by atoms with E-state index in [2.05, 4.69) is 10.6 Å². The van der Waals surface area contributed by atoms with Crippen molar-refractivity contribution in [2.75, 3.05) is 5.32 Å². The zero-order chi connectivity index (χ0) is 17.9. The molecule has 124 valence electrons. The second kappa shape index (κ2) is 7.61. The first-order valence-electron chi connectivity index (χ1n) is 6.70. The number of carboxylic acids is 1. The topological polar surface area (TPSA) is 78.4 Å². The number of carbonyl (C=O) groups is 2. The SMILES string of the molecule is Cc1c(NC(=S)NC(=O)c2cccc(Cl)c2Cl)cccc1C(=O)O. The van der Waals surface area contributed by atoms with Crippen LogP contribution in [0.2, 0.25) is 10.0 Å². The van der Waals surface area contributed by atoms with E-state index in [4.69, 9.17) is 40.5 Å². The van der Waals surface area contributed by atoms with E-state index in [1.807, 2.05) is 0 Å². The summed E-state index contributed by atoms with van der Waals surface area (Å²) in [7, 11) is 0. The fraction of sp³-hybridized carbons (Fsp3) is 0.0625. The Balaban J connectivity index is 2.14. The lowest BCUT2D eigenvalue weighted by molar-refractivity contribution is 0.0696. The molecule has 0 unspecified atom stereocenters. The number of hydrogen-bond acceptors (Lipinski definition) is 3. The van der Waals surface area contributed by atoms with Crippen LogP contribution >= 0.6 is 35.4 Å². The predicted molar refractivity (Wildman–Crippen MR) is 98.3 cm³/mol. The summed E-state index contributed by atoms with van der Waals surface area (Å²) < 4.78 is 0. The molecule has 2 aromatic carbocycles. The molecular weight excluding hydrogens is 371 g/mol. The molecule has 5 nitrogen and oxygen atoms in total. The minimum atomic E-state index is -1.04. The highest BCUT2D eigenvalue weighted by molar-refractivity contribution is 7.80. The Hall–Kier alpha value is -2.15. The number of nitrogens with one attached hydrogen (secondary N) is 2. The molecule has 0 aliphatic heterocycles. The van der Waals surface area contributed by atoms with Gasteiger partial charge in [0.1, 0.15) is 0 Å². The van der Waals surface area contributed by atoms with Crippen LogP contribution in [0.15, 0.2) is 36.4 Å². The number of rotatable bonds is 3. The molecular formula is C16H12Cl2N2O3S. The summed E-state index contributed by atoms with van der Waals surface area (Å²) >= 11 is 17.0. The molecule has 0 saturated carbocycles. The van der Waals surface area contributed by atoms with Crippen molar-refractivity contribution >= 4 is 58.1 Å². The van der Waals surface area contributed by atoms with Crippen molar-refractivity contribution < 1.29 is 14.7 Å². The zero-order valence-electron chi connectivity index (χ0n) is 12.4. The van der Waals surface area contributed by atoms with Gasteiger partial charge in [-0.05, 0) is 49.0 Å². The van der Waals surface area contributed by atoms with Gasteiger partial charge in [0, 0.05) is 5.69 Å². The zero-order valence-corrected chi connectivity index (χ0v) is 14.7. The maximum absolute atomic E-state index is 12.2. The lowest BCUT2D eigenvalue weighted by atomic mass is 10.1. The quantitative estimate of drug-likeness (QED) is 0.695. The Kier molecular flexibility index (Phi) is 5.77. The molecule has 0 bridgehead atoms. The Bertz CT molecular complexity index is 840. The highest BCUT2D eigenvalue weighted by atomic mass is 35.5. The van der Waals surface area contributed by atoms with Gasteiger partial charge in [-0.15, -0.1) is 0 Å². The minimum Gasteiger partial charge on any atom is -0.478 e. The third-order valence-corrected chi connectivity index (χ3v) is 4.26. The molecule has 0 spiro atoms. The van der Waals surface area contributed by atoms with E-state index in [1.54, 1.807) is 31.2 Å². The Morgan fingerprint density at radius 3 is 2.38 bits per heavy atom. The van der Waals surface area contributed by atoms with Crippen molar-refractivity contribution in [3.63, 3.8) is 0 Å². The monoisotopic (exact) mass is 382 g/mol. The maximum atomic E-state index is 12.2. The van der Waals surface area contributed by atoms with Gasteiger partial charge in [-0.1, -0.05) is 35.3 Å². The normalized spacial score (nSPS) is 10.1. The van der Waals surface area contributed by atoms with Crippen LogP contribution in [0.4, 0.5) is 5.69 Å². The predicted octanol–water partition coefficient (Wildman–Crippen LogP) is 4.13. The second-order valence-corrected chi connectivity index (χ2v) is 5.99. The highest BCUT2D eigenvalue weighted by Crippen LogP contribution is 2.25. The van der Waals surface area contributed by atoms with Gasteiger partial charge >= 0.3 is 5.97 Å². The molecule has 3 N–H and O–H groups in total. The van der Waals surface area contributed by atoms with Crippen LogP contribution in [-0.2, 0) is 0 Å². The maximum Gasteiger partial charge on any atom is 0.336 e. The summed E-state index contributed by atoms with van der Waals surface area (Å²) in [6, 6.07) is 9.40. The number of benzene rings is 2. The van der Waals surface area contributed by atoms with Crippen LogP contribution < -0.4 is 10.6 Å². The molecule has 0 radical (unpaired) electrons. The van der Waals surface area contributed by atoms with Gasteiger partial charge in [-0.2, -0.15) is 0 Å². The van der Waals surface area contributed by atoms with Gasteiger partial charge in [0.15, 0.2) is 5.11 Å². The van der Waals surface area contributed by atoms with Crippen molar-refractivity contribution in [3.8, 4) is 0 Å². The van der Waals surface area contributed by atoms with Gasteiger partial charge in [-0.3, -0.25) is 10.1 Å². The average molecular weight is 383 g/mol. The van der Waals surface area contributed by atoms with E-state index in [-0.39, 0.29) is 26.3 Å². The molecule has 0 aliphatic carbocycles. The molecule has 2 rings (SSSR count). The Morgan fingerprint density at radius 2 is 1.71 bits per heavy atom. The number of amides is 1. The van der Waals surface area contributed by atoms with Crippen LogP contribution in [0, 0.1) is 6.92 Å². The van der Waals surface area contributed by atoms with Crippen LogP contribution in [-0.4, -0.2) is 22.1 Å². The van der Waals surface area contributed by atoms with Gasteiger partial charge < -0.3 is 10.4 Å². The largest absolute Gasteiger partial charge is 0.478 e. The fourth-order valence-electron chi connectivity index (χ4n) is 2.01. The Morgan fingerprint density at radius 1 is 1.08 bits per heavy atom. The highest BCUT2D eigenvalue weighted by Gasteiger charge is 2.15. The summed E-state index contributed by atoms with van der Waals surface area (Å²) in [5.41, 5.74) is 1.32. The number of aromatic carboxylic acids is 1. The van der Waals surface area contributed by atoms with Crippen molar-refractivity contribution in [2.24, 2.45) is 0 Å². The molecule has 2 aromatic rings. The van der Waals surface area contributed by atoms with Gasteiger partial charge in [0.2, 0.25) is 0 Å². The number of thiocarbonyl (C=S) groups is 1. The standard InChI is InChI=1S/C16H12Cl2N2O3S/c1-8-9(15(22)23)4-3-7-12(8)19-16(24)20-14(21)10-5-2-6-11(17)13(10)18/h2-7H,1H3,(H,22,23)(H2,19,20,21,24). The summed E-state index contributed by atoms with van der Waals surface area (Å²) in [6.07, 6.45) is 0. The van der Waals surface area contributed by atoms with E-state index in [9.17, 15) is 9.59 Å². The molecule has 24 heavy (non-hydrogen) atoms. The van der Waals surface area contributed by atoms with Crippen LogP contribution in [0.5, 0.6) is 0 Å². The number of carboxylic acid groups (broad SMARTS) is 1. The van der Waals surface area contributed by atoms with Crippen LogP contribution in [0.1, 0.15) is 26.3 Å². The minimum absolute atomic E-state index is 0.0154. The summed E-state index contributed by atoms with van der Waals surface area (Å²) in [6.45, 7) is 1.64. The molecule has 0 fully saturated rings. The molecule has 0 atom stereocenters. The first-order valence-corrected chi connectivity index (χ1v) is 7.87. The summed E-state index contributed by atoms with van der Waals surface area (Å²) in [5.74, 6) is -1.57. The molecule has 0 saturated heterocycles. The van der Waals surface area contributed by atoms with E-state index in [1.165, 1.54) is 12.1 Å². The average Bonchev–Trinajstić information content (AvgIpc) is 2.51. The molecule has 0 heterocycles. The second-order valence-electron chi connectivity index (χ2n) is 4.79. The van der Waals surface area contributed by atoms with Crippen LogP contribution in [0.3, 0.4) is 0 Å². The lowest BCUT2D eigenvalue weighted by Gasteiger charge is -2.13. The van der Waals surface area contributed by atoms with E-state index < -0.39 is 11.9 Å². The van der Waals surface area contributed by atoms with Crippen LogP contribution in [0.25, 0.3) is 0 Å². The first kappa shape index (κ1) is 18.2.